The molecule has 4 atom stereocenters. The van der Waals surface area contributed by atoms with Gasteiger partial charge in [-0.25, -0.2) is 4.79 Å². The van der Waals surface area contributed by atoms with Gasteiger partial charge in [0.2, 0.25) is 0 Å². The van der Waals surface area contributed by atoms with Gasteiger partial charge in [-0.1, -0.05) is 20.8 Å². The average Bonchev–Trinajstić information content (AvgIpc) is 2.61. The van der Waals surface area contributed by atoms with Crippen molar-refractivity contribution >= 4 is 6.03 Å². The lowest BCUT2D eigenvalue weighted by molar-refractivity contribution is 0.112. The summed E-state index contributed by atoms with van der Waals surface area (Å²) in [4.78, 5) is 13.7. The quantitative estimate of drug-likeness (QED) is 0.824. The van der Waals surface area contributed by atoms with E-state index in [2.05, 4.69) is 26.1 Å². The number of hydrogen-bond donors (Lipinski definition) is 2. The third-order valence-corrected chi connectivity index (χ3v) is 5.98. The molecule has 4 heteroatoms. The van der Waals surface area contributed by atoms with Gasteiger partial charge in [0.05, 0.1) is 6.10 Å². The van der Waals surface area contributed by atoms with Gasteiger partial charge >= 0.3 is 6.03 Å². The maximum absolute atomic E-state index is 12.2. The van der Waals surface area contributed by atoms with Crippen molar-refractivity contribution in [1.29, 1.82) is 0 Å². The van der Waals surface area contributed by atoms with Crippen LogP contribution in [-0.2, 0) is 0 Å². The fraction of sp³-hybridized carbons (Fsp3) is 0.933. The van der Waals surface area contributed by atoms with E-state index in [0.29, 0.717) is 12.0 Å². The molecule has 2 N–H and O–H groups in total. The van der Waals surface area contributed by atoms with E-state index in [1.807, 2.05) is 0 Å². The Morgan fingerprint density at radius 2 is 2.11 bits per heavy atom. The molecule has 0 spiro atoms. The highest BCUT2D eigenvalue weighted by atomic mass is 16.3. The van der Waals surface area contributed by atoms with Gasteiger partial charge in [-0.05, 0) is 42.9 Å². The van der Waals surface area contributed by atoms with Gasteiger partial charge in [0.1, 0.15) is 0 Å². The molecular formula is C15H28N2O2. The molecule has 0 aliphatic heterocycles. The number of amides is 2. The molecule has 2 fully saturated rings. The summed E-state index contributed by atoms with van der Waals surface area (Å²) in [7, 11) is 1.74. The lowest BCUT2D eigenvalue weighted by atomic mass is 9.69. The SMILES string of the molecule is CC(O)CN(C)C(=O)NC1CC2CCC1(C)C2(C)C. The minimum absolute atomic E-state index is 0.0597. The van der Waals surface area contributed by atoms with Crippen LogP contribution in [0.2, 0.25) is 0 Å². The first kappa shape index (κ1) is 14.6. The molecule has 4 unspecified atom stereocenters. The van der Waals surface area contributed by atoms with E-state index in [1.54, 1.807) is 18.9 Å². The van der Waals surface area contributed by atoms with E-state index in [0.717, 1.165) is 12.3 Å². The number of aliphatic hydroxyl groups excluding tert-OH is 1. The Bertz CT molecular complexity index is 367. The predicted octanol–water partition coefficient (Wildman–Crippen LogP) is 2.22. The van der Waals surface area contributed by atoms with Crippen LogP contribution >= 0.6 is 0 Å². The molecule has 2 aliphatic carbocycles. The summed E-state index contributed by atoms with van der Waals surface area (Å²) in [5.41, 5.74) is 0.521. The molecule has 0 saturated heterocycles. The van der Waals surface area contributed by atoms with Gasteiger partial charge in [0.25, 0.3) is 0 Å². The smallest absolute Gasteiger partial charge is 0.317 e. The fourth-order valence-electron chi connectivity index (χ4n) is 4.16. The van der Waals surface area contributed by atoms with Crippen LogP contribution in [0.4, 0.5) is 4.79 Å². The molecule has 2 saturated carbocycles. The zero-order chi connectivity index (χ0) is 14.4. The highest BCUT2D eigenvalue weighted by Gasteiger charge is 2.61. The number of hydrogen-bond acceptors (Lipinski definition) is 2. The van der Waals surface area contributed by atoms with Crippen LogP contribution in [0.15, 0.2) is 0 Å². The predicted molar refractivity (Wildman–Crippen MR) is 75.9 cm³/mol. The van der Waals surface area contributed by atoms with Gasteiger partial charge in [0, 0.05) is 19.6 Å². The Morgan fingerprint density at radius 1 is 1.47 bits per heavy atom. The Kier molecular flexibility index (Phi) is 3.58. The Labute approximate surface area is 116 Å². The maximum atomic E-state index is 12.2. The lowest BCUT2D eigenvalue weighted by Crippen LogP contribution is -2.51. The second kappa shape index (κ2) is 4.65. The van der Waals surface area contributed by atoms with Gasteiger partial charge in [-0.15, -0.1) is 0 Å². The molecule has 2 amide bonds. The topological polar surface area (TPSA) is 52.6 Å². The number of nitrogens with one attached hydrogen (secondary N) is 1. The van der Waals surface area contributed by atoms with Gasteiger partial charge < -0.3 is 15.3 Å². The molecular weight excluding hydrogens is 240 g/mol. The third-order valence-electron chi connectivity index (χ3n) is 5.98. The number of rotatable bonds is 3. The lowest BCUT2D eigenvalue weighted by Gasteiger charge is -2.40. The van der Waals surface area contributed by atoms with Gasteiger partial charge in [-0.3, -0.25) is 0 Å². The van der Waals surface area contributed by atoms with Crippen LogP contribution in [0.3, 0.4) is 0 Å². The van der Waals surface area contributed by atoms with Crippen LogP contribution in [-0.4, -0.2) is 41.8 Å². The van der Waals surface area contributed by atoms with E-state index in [4.69, 9.17) is 0 Å². The van der Waals surface area contributed by atoms with Crippen LogP contribution in [0.5, 0.6) is 0 Å². The van der Waals surface area contributed by atoms with Crippen molar-refractivity contribution in [2.24, 2.45) is 16.7 Å². The van der Waals surface area contributed by atoms with Crippen molar-refractivity contribution in [1.82, 2.24) is 10.2 Å². The number of nitrogens with zero attached hydrogens (tertiary/aromatic N) is 1. The van der Waals surface area contributed by atoms with Gasteiger partial charge in [-0.2, -0.15) is 0 Å². The zero-order valence-corrected chi connectivity index (χ0v) is 12.9. The number of fused-ring (bicyclic) bond motifs is 2. The molecule has 2 rings (SSSR count). The van der Waals surface area contributed by atoms with Crippen LogP contribution in [0.25, 0.3) is 0 Å². The molecule has 0 aromatic carbocycles. The van der Waals surface area contributed by atoms with Crippen molar-refractivity contribution in [3.8, 4) is 0 Å². The highest BCUT2D eigenvalue weighted by Crippen LogP contribution is 2.65. The zero-order valence-electron chi connectivity index (χ0n) is 12.9. The molecule has 2 bridgehead atoms. The summed E-state index contributed by atoms with van der Waals surface area (Å²) in [6.07, 6.45) is 3.11. The van der Waals surface area contributed by atoms with Crippen molar-refractivity contribution in [2.75, 3.05) is 13.6 Å². The summed E-state index contributed by atoms with van der Waals surface area (Å²) < 4.78 is 0. The number of carbonyl (C=O) groups is 1. The molecule has 0 heterocycles. The Balaban J connectivity index is 2.00. The third kappa shape index (κ3) is 2.24. The van der Waals surface area contributed by atoms with Crippen LogP contribution in [0, 0.1) is 16.7 Å². The molecule has 0 aromatic heterocycles. The Morgan fingerprint density at radius 3 is 2.53 bits per heavy atom. The molecule has 0 radical (unpaired) electrons. The highest BCUT2D eigenvalue weighted by molar-refractivity contribution is 5.74. The standard InChI is InChI=1S/C15H28N2O2/c1-10(18)9-17(5)13(19)16-12-8-11-6-7-15(12,4)14(11,2)3/h10-12,18H,6-9H2,1-5H3,(H,16,19). The number of urea groups is 1. The van der Waals surface area contributed by atoms with Crippen LogP contribution < -0.4 is 5.32 Å². The number of aliphatic hydroxyl groups is 1. The van der Waals surface area contributed by atoms with Gasteiger partial charge in [0.15, 0.2) is 0 Å². The van der Waals surface area contributed by atoms with Crippen molar-refractivity contribution in [2.45, 2.75) is 59.1 Å². The van der Waals surface area contributed by atoms with Crippen molar-refractivity contribution in [3.05, 3.63) is 0 Å². The first-order chi connectivity index (χ1) is 8.68. The first-order valence-corrected chi connectivity index (χ1v) is 7.38. The van der Waals surface area contributed by atoms with E-state index in [1.165, 1.54) is 12.8 Å². The summed E-state index contributed by atoms with van der Waals surface area (Å²) in [6.45, 7) is 9.08. The van der Waals surface area contributed by atoms with Crippen LogP contribution in [0.1, 0.15) is 47.0 Å². The summed E-state index contributed by atoms with van der Waals surface area (Å²) >= 11 is 0. The minimum atomic E-state index is -0.484. The van der Waals surface area contributed by atoms with E-state index >= 15 is 0 Å². The minimum Gasteiger partial charge on any atom is -0.392 e. The average molecular weight is 268 g/mol. The second-order valence-electron chi connectivity index (χ2n) is 7.34. The largest absolute Gasteiger partial charge is 0.392 e. The van der Waals surface area contributed by atoms with Crippen molar-refractivity contribution in [3.63, 3.8) is 0 Å². The molecule has 19 heavy (non-hydrogen) atoms. The van der Waals surface area contributed by atoms with E-state index in [-0.39, 0.29) is 17.5 Å². The molecule has 4 nitrogen and oxygen atoms in total. The van der Waals surface area contributed by atoms with E-state index < -0.39 is 6.10 Å². The monoisotopic (exact) mass is 268 g/mol. The van der Waals surface area contributed by atoms with E-state index in [9.17, 15) is 9.90 Å². The van der Waals surface area contributed by atoms with Crippen molar-refractivity contribution < 1.29 is 9.90 Å². The normalized spacial score (nSPS) is 37.2. The summed E-state index contributed by atoms with van der Waals surface area (Å²) in [5.74, 6) is 0.727. The Hall–Kier alpha value is -0.770. The maximum Gasteiger partial charge on any atom is 0.317 e. The summed E-state index contributed by atoms with van der Waals surface area (Å²) in [6, 6.07) is 0.209. The summed E-state index contributed by atoms with van der Waals surface area (Å²) in [5, 5.41) is 12.5. The molecule has 2 aliphatic rings. The fourth-order valence-corrected chi connectivity index (χ4v) is 4.16. The first-order valence-electron chi connectivity index (χ1n) is 7.38. The second-order valence-corrected chi connectivity index (χ2v) is 7.34. The number of carbonyl (C=O) groups excluding carboxylic acids is 1. The molecule has 0 aromatic rings. The molecule has 110 valence electrons. The number of likely N-dealkylation sites (N-methyl/N-ethyl adjacent to an activating group) is 1.